The SMILES string of the molecule is C=CCCCCCn1ccc(CNC2CC2)c1. The minimum Gasteiger partial charge on any atom is -0.354 e. The van der Waals surface area contributed by atoms with Gasteiger partial charge < -0.3 is 9.88 Å². The van der Waals surface area contributed by atoms with E-state index in [9.17, 15) is 0 Å². The first-order chi connectivity index (χ1) is 8.38. The van der Waals surface area contributed by atoms with Crippen LogP contribution in [0.15, 0.2) is 31.1 Å². The van der Waals surface area contributed by atoms with Crippen molar-refractivity contribution in [3.63, 3.8) is 0 Å². The summed E-state index contributed by atoms with van der Waals surface area (Å²) in [5.41, 5.74) is 1.42. The normalized spacial score (nSPS) is 15.1. The quantitative estimate of drug-likeness (QED) is 0.509. The van der Waals surface area contributed by atoms with E-state index in [0.29, 0.717) is 0 Å². The molecule has 1 heterocycles. The average Bonchev–Trinajstić information content (AvgIpc) is 3.06. The van der Waals surface area contributed by atoms with E-state index in [2.05, 4.69) is 34.9 Å². The number of hydrogen-bond acceptors (Lipinski definition) is 1. The van der Waals surface area contributed by atoms with Gasteiger partial charge in [0.15, 0.2) is 0 Å². The van der Waals surface area contributed by atoms with E-state index >= 15 is 0 Å². The number of aryl methyl sites for hydroxylation is 1. The molecule has 0 saturated heterocycles. The van der Waals surface area contributed by atoms with E-state index in [-0.39, 0.29) is 0 Å². The van der Waals surface area contributed by atoms with Crippen molar-refractivity contribution in [3.8, 4) is 0 Å². The van der Waals surface area contributed by atoms with E-state index < -0.39 is 0 Å². The highest BCUT2D eigenvalue weighted by atomic mass is 15.0. The molecule has 1 aliphatic carbocycles. The van der Waals surface area contributed by atoms with Gasteiger partial charge in [0.25, 0.3) is 0 Å². The highest BCUT2D eigenvalue weighted by molar-refractivity contribution is 5.10. The maximum atomic E-state index is 3.75. The van der Waals surface area contributed by atoms with Crippen LogP contribution in [0.2, 0.25) is 0 Å². The maximum Gasteiger partial charge on any atom is 0.0223 e. The molecule has 2 heteroatoms. The van der Waals surface area contributed by atoms with E-state index in [1.807, 2.05) is 6.08 Å². The van der Waals surface area contributed by atoms with Crippen molar-refractivity contribution < 1.29 is 0 Å². The fourth-order valence-corrected chi connectivity index (χ4v) is 2.04. The second kappa shape index (κ2) is 6.65. The Hall–Kier alpha value is -1.02. The number of hydrogen-bond donors (Lipinski definition) is 1. The molecule has 0 bridgehead atoms. The lowest BCUT2D eigenvalue weighted by atomic mass is 10.2. The van der Waals surface area contributed by atoms with Crippen molar-refractivity contribution in [2.75, 3.05) is 0 Å². The van der Waals surface area contributed by atoms with Crippen molar-refractivity contribution in [2.45, 2.75) is 57.7 Å². The molecule has 0 unspecified atom stereocenters. The molecular weight excluding hydrogens is 208 g/mol. The van der Waals surface area contributed by atoms with Gasteiger partial charge in [0.1, 0.15) is 0 Å². The first-order valence-corrected chi connectivity index (χ1v) is 6.87. The molecule has 94 valence electrons. The lowest BCUT2D eigenvalue weighted by Crippen LogP contribution is -2.14. The lowest BCUT2D eigenvalue weighted by Gasteiger charge is -2.02. The third kappa shape index (κ3) is 4.78. The Bertz CT molecular complexity index is 336. The van der Waals surface area contributed by atoms with Crippen molar-refractivity contribution in [2.24, 2.45) is 0 Å². The molecule has 1 aliphatic rings. The largest absolute Gasteiger partial charge is 0.354 e. The monoisotopic (exact) mass is 232 g/mol. The van der Waals surface area contributed by atoms with Gasteiger partial charge in [0.2, 0.25) is 0 Å². The van der Waals surface area contributed by atoms with E-state index in [0.717, 1.165) is 25.6 Å². The summed E-state index contributed by atoms with van der Waals surface area (Å²) in [5, 5.41) is 3.55. The molecule has 0 amide bonds. The Balaban J connectivity index is 1.61. The summed E-state index contributed by atoms with van der Waals surface area (Å²) in [5.74, 6) is 0. The Morgan fingerprint density at radius 3 is 3.00 bits per heavy atom. The van der Waals surface area contributed by atoms with E-state index in [4.69, 9.17) is 0 Å². The first-order valence-electron chi connectivity index (χ1n) is 6.87. The Morgan fingerprint density at radius 2 is 2.24 bits per heavy atom. The third-order valence-electron chi connectivity index (χ3n) is 3.31. The third-order valence-corrected chi connectivity index (χ3v) is 3.31. The van der Waals surface area contributed by atoms with Gasteiger partial charge in [0, 0.05) is 31.5 Å². The van der Waals surface area contributed by atoms with Gasteiger partial charge in [-0.25, -0.2) is 0 Å². The predicted molar refractivity (Wildman–Crippen MR) is 73.0 cm³/mol. The van der Waals surface area contributed by atoms with Crippen LogP contribution in [0.1, 0.15) is 44.1 Å². The molecule has 0 radical (unpaired) electrons. The van der Waals surface area contributed by atoms with Crippen LogP contribution < -0.4 is 5.32 Å². The molecule has 17 heavy (non-hydrogen) atoms. The zero-order valence-electron chi connectivity index (χ0n) is 10.7. The van der Waals surface area contributed by atoms with Gasteiger partial charge >= 0.3 is 0 Å². The zero-order valence-corrected chi connectivity index (χ0v) is 10.7. The van der Waals surface area contributed by atoms with E-state index in [1.165, 1.54) is 37.7 Å². The smallest absolute Gasteiger partial charge is 0.0223 e. The van der Waals surface area contributed by atoms with Crippen molar-refractivity contribution in [1.29, 1.82) is 0 Å². The average molecular weight is 232 g/mol. The van der Waals surface area contributed by atoms with Crippen molar-refractivity contribution in [1.82, 2.24) is 9.88 Å². The van der Waals surface area contributed by atoms with Crippen LogP contribution in [0.5, 0.6) is 0 Å². The summed E-state index contributed by atoms with van der Waals surface area (Å²) in [7, 11) is 0. The molecular formula is C15H24N2. The molecule has 1 aromatic heterocycles. The number of unbranched alkanes of at least 4 members (excludes halogenated alkanes) is 3. The summed E-state index contributed by atoms with van der Waals surface area (Å²) in [6, 6.07) is 3.04. The summed E-state index contributed by atoms with van der Waals surface area (Å²) >= 11 is 0. The summed E-state index contributed by atoms with van der Waals surface area (Å²) in [6.07, 6.45) is 14.2. The van der Waals surface area contributed by atoms with Crippen molar-refractivity contribution >= 4 is 0 Å². The molecule has 2 rings (SSSR count). The number of allylic oxidation sites excluding steroid dienone is 1. The molecule has 1 fully saturated rings. The van der Waals surface area contributed by atoms with Crippen LogP contribution in [-0.2, 0) is 13.1 Å². The van der Waals surface area contributed by atoms with Gasteiger partial charge in [-0.3, -0.25) is 0 Å². The molecule has 1 N–H and O–H groups in total. The van der Waals surface area contributed by atoms with E-state index in [1.54, 1.807) is 0 Å². The summed E-state index contributed by atoms with van der Waals surface area (Å²) in [4.78, 5) is 0. The van der Waals surface area contributed by atoms with Gasteiger partial charge in [-0.05, 0) is 43.7 Å². The minimum atomic E-state index is 0.803. The number of nitrogens with one attached hydrogen (secondary N) is 1. The van der Waals surface area contributed by atoms with Gasteiger partial charge in [-0.1, -0.05) is 12.5 Å². The Kier molecular flexibility index (Phi) is 4.87. The van der Waals surface area contributed by atoms with Crippen LogP contribution >= 0.6 is 0 Å². The molecule has 0 atom stereocenters. The number of aromatic nitrogens is 1. The van der Waals surface area contributed by atoms with Crippen LogP contribution in [0.25, 0.3) is 0 Å². The van der Waals surface area contributed by atoms with Crippen molar-refractivity contribution in [3.05, 3.63) is 36.7 Å². The highest BCUT2D eigenvalue weighted by Crippen LogP contribution is 2.19. The minimum absolute atomic E-state index is 0.803. The number of nitrogens with zero attached hydrogens (tertiary/aromatic N) is 1. The van der Waals surface area contributed by atoms with Gasteiger partial charge in [0.05, 0.1) is 0 Å². The van der Waals surface area contributed by atoms with Crippen LogP contribution in [0.3, 0.4) is 0 Å². The molecule has 1 aromatic rings. The second-order valence-corrected chi connectivity index (χ2v) is 5.05. The summed E-state index contributed by atoms with van der Waals surface area (Å²) in [6.45, 7) is 5.94. The highest BCUT2D eigenvalue weighted by Gasteiger charge is 2.19. The molecule has 1 saturated carbocycles. The Labute approximate surface area is 105 Å². The van der Waals surface area contributed by atoms with Gasteiger partial charge in [-0.15, -0.1) is 6.58 Å². The second-order valence-electron chi connectivity index (χ2n) is 5.05. The maximum absolute atomic E-state index is 3.75. The Morgan fingerprint density at radius 1 is 1.35 bits per heavy atom. The number of rotatable bonds is 9. The lowest BCUT2D eigenvalue weighted by molar-refractivity contribution is 0.590. The molecule has 0 aliphatic heterocycles. The summed E-state index contributed by atoms with van der Waals surface area (Å²) < 4.78 is 2.32. The fraction of sp³-hybridized carbons (Fsp3) is 0.600. The first kappa shape index (κ1) is 12.4. The molecule has 0 spiro atoms. The van der Waals surface area contributed by atoms with Gasteiger partial charge in [-0.2, -0.15) is 0 Å². The topological polar surface area (TPSA) is 17.0 Å². The fourth-order valence-electron chi connectivity index (χ4n) is 2.04. The van der Waals surface area contributed by atoms with Crippen LogP contribution in [0, 0.1) is 0 Å². The van der Waals surface area contributed by atoms with Crippen LogP contribution in [0.4, 0.5) is 0 Å². The standard InChI is InChI=1S/C15H24N2/c1-2-3-4-5-6-10-17-11-9-14(13-17)12-16-15-7-8-15/h2,9,11,13,15-16H,1,3-8,10,12H2. The van der Waals surface area contributed by atoms with Crippen LogP contribution in [-0.4, -0.2) is 10.6 Å². The molecule has 0 aromatic carbocycles. The zero-order chi connectivity index (χ0) is 11.9. The predicted octanol–water partition coefficient (Wildman–Crippen LogP) is 3.49. The molecule has 2 nitrogen and oxygen atoms in total.